The van der Waals surface area contributed by atoms with Crippen LogP contribution in [-0.2, 0) is 10.0 Å². The Balaban J connectivity index is 3.26. The number of sulfonamides is 1. The highest BCUT2D eigenvalue weighted by Gasteiger charge is 2.27. The van der Waals surface area contributed by atoms with E-state index in [9.17, 15) is 12.8 Å². The molecule has 0 bridgehead atoms. The maximum absolute atomic E-state index is 13.2. The predicted molar refractivity (Wildman–Crippen MR) is 70.0 cm³/mol. The number of aliphatic hydroxyl groups excluding tert-OH is 1. The summed E-state index contributed by atoms with van der Waals surface area (Å²) < 4.78 is 39.5. The van der Waals surface area contributed by atoms with Crippen molar-refractivity contribution in [2.75, 3.05) is 12.3 Å². The van der Waals surface area contributed by atoms with Gasteiger partial charge in [0.15, 0.2) is 0 Å². The van der Waals surface area contributed by atoms with Crippen LogP contribution in [0.15, 0.2) is 21.5 Å². The number of benzene rings is 1. The quantitative estimate of drug-likeness (QED) is 0.718. The van der Waals surface area contributed by atoms with Gasteiger partial charge in [0, 0.05) is 0 Å². The number of halogens is 2. The molecule has 0 spiro atoms. The van der Waals surface area contributed by atoms with Gasteiger partial charge >= 0.3 is 0 Å². The Labute approximate surface area is 113 Å². The van der Waals surface area contributed by atoms with E-state index in [0.717, 1.165) is 12.1 Å². The van der Waals surface area contributed by atoms with Crippen molar-refractivity contribution in [3.8, 4) is 0 Å². The summed E-state index contributed by atoms with van der Waals surface area (Å²) in [4.78, 5) is -0.239. The minimum atomic E-state index is -3.93. The summed E-state index contributed by atoms with van der Waals surface area (Å²) in [5.41, 5.74) is 4.26. The van der Waals surface area contributed by atoms with Crippen LogP contribution in [0.3, 0.4) is 0 Å². The smallest absolute Gasteiger partial charge is 0.243 e. The number of nitrogen functional groups attached to an aromatic ring is 1. The lowest BCUT2D eigenvalue weighted by Crippen LogP contribution is -2.46. The van der Waals surface area contributed by atoms with Gasteiger partial charge in [-0.05, 0) is 41.9 Å². The van der Waals surface area contributed by atoms with Crippen molar-refractivity contribution in [2.45, 2.75) is 24.3 Å². The third-order valence-corrected chi connectivity index (χ3v) is 4.51. The molecular formula is C10H14BrFN2O3S. The summed E-state index contributed by atoms with van der Waals surface area (Å²) in [6.07, 6.45) is 0. The van der Waals surface area contributed by atoms with Crippen LogP contribution in [0.5, 0.6) is 0 Å². The third-order valence-electron chi connectivity index (χ3n) is 2.15. The Morgan fingerprint density at radius 2 is 2.06 bits per heavy atom. The van der Waals surface area contributed by atoms with Crippen molar-refractivity contribution in [2.24, 2.45) is 0 Å². The van der Waals surface area contributed by atoms with Gasteiger partial charge in [0.25, 0.3) is 0 Å². The number of rotatable bonds is 4. The van der Waals surface area contributed by atoms with Crippen LogP contribution in [-0.4, -0.2) is 25.7 Å². The van der Waals surface area contributed by atoms with Crippen molar-refractivity contribution in [3.63, 3.8) is 0 Å². The lowest BCUT2D eigenvalue weighted by Gasteiger charge is -2.23. The molecule has 4 N–H and O–H groups in total. The Morgan fingerprint density at radius 3 is 2.56 bits per heavy atom. The van der Waals surface area contributed by atoms with Crippen molar-refractivity contribution >= 4 is 31.6 Å². The summed E-state index contributed by atoms with van der Waals surface area (Å²) in [5.74, 6) is -0.645. The van der Waals surface area contributed by atoms with E-state index in [1.807, 2.05) is 0 Å². The average Bonchev–Trinajstić information content (AvgIpc) is 2.21. The van der Waals surface area contributed by atoms with E-state index in [2.05, 4.69) is 20.7 Å². The first-order chi connectivity index (χ1) is 8.09. The first-order valence-corrected chi connectivity index (χ1v) is 7.26. The van der Waals surface area contributed by atoms with E-state index in [-0.39, 0.29) is 21.7 Å². The molecule has 0 atom stereocenters. The molecule has 0 radical (unpaired) electrons. The lowest BCUT2D eigenvalue weighted by molar-refractivity contribution is 0.208. The van der Waals surface area contributed by atoms with E-state index >= 15 is 0 Å². The van der Waals surface area contributed by atoms with Gasteiger partial charge in [0.2, 0.25) is 10.0 Å². The zero-order chi connectivity index (χ0) is 14.1. The molecule has 1 aromatic rings. The van der Waals surface area contributed by atoms with Crippen molar-refractivity contribution in [1.29, 1.82) is 0 Å². The van der Waals surface area contributed by atoms with Gasteiger partial charge in [-0.3, -0.25) is 0 Å². The minimum Gasteiger partial charge on any atom is -0.398 e. The van der Waals surface area contributed by atoms with Gasteiger partial charge in [-0.15, -0.1) is 0 Å². The largest absolute Gasteiger partial charge is 0.398 e. The van der Waals surface area contributed by atoms with E-state index in [4.69, 9.17) is 10.8 Å². The fourth-order valence-corrected chi connectivity index (χ4v) is 3.27. The monoisotopic (exact) mass is 340 g/mol. The van der Waals surface area contributed by atoms with Gasteiger partial charge < -0.3 is 10.8 Å². The van der Waals surface area contributed by atoms with Crippen LogP contribution in [0.2, 0.25) is 0 Å². The van der Waals surface area contributed by atoms with Gasteiger partial charge in [-0.25, -0.2) is 17.5 Å². The number of hydrogen-bond acceptors (Lipinski definition) is 4. The molecule has 0 saturated carbocycles. The van der Waals surface area contributed by atoms with Crippen LogP contribution in [0.25, 0.3) is 0 Å². The zero-order valence-electron chi connectivity index (χ0n) is 9.87. The number of nitrogens with two attached hydrogens (primary N) is 1. The highest BCUT2D eigenvalue weighted by atomic mass is 79.9. The minimum absolute atomic E-state index is 0.00104. The Morgan fingerprint density at radius 1 is 1.50 bits per heavy atom. The fraction of sp³-hybridized carbons (Fsp3) is 0.400. The maximum Gasteiger partial charge on any atom is 0.243 e. The van der Waals surface area contributed by atoms with Crippen molar-refractivity contribution < 1.29 is 17.9 Å². The molecule has 5 nitrogen and oxygen atoms in total. The summed E-state index contributed by atoms with van der Waals surface area (Å²) in [5, 5.41) is 9.04. The molecule has 0 amide bonds. The average molecular weight is 341 g/mol. The van der Waals surface area contributed by atoms with E-state index in [1.165, 1.54) is 13.8 Å². The second-order valence-corrected chi connectivity index (χ2v) is 6.96. The molecule has 1 rings (SSSR count). The van der Waals surface area contributed by atoms with Crippen LogP contribution in [0, 0.1) is 5.82 Å². The molecule has 0 aliphatic carbocycles. The van der Waals surface area contributed by atoms with E-state index in [1.54, 1.807) is 0 Å². The molecular weight excluding hydrogens is 327 g/mol. The van der Waals surface area contributed by atoms with Gasteiger partial charge in [0.05, 0.1) is 22.3 Å². The summed E-state index contributed by atoms with van der Waals surface area (Å²) in [6, 6.07) is 2.01. The predicted octanol–water partition coefficient (Wildman–Crippen LogP) is 1.22. The van der Waals surface area contributed by atoms with E-state index < -0.39 is 21.4 Å². The Hall–Kier alpha value is -0.700. The molecule has 1 aromatic carbocycles. The fourth-order valence-electron chi connectivity index (χ4n) is 1.23. The summed E-state index contributed by atoms with van der Waals surface area (Å²) in [7, 11) is -3.93. The number of anilines is 1. The molecule has 18 heavy (non-hydrogen) atoms. The summed E-state index contributed by atoms with van der Waals surface area (Å²) in [6.45, 7) is 2.65. The van der Waals surface area contributed by atoms with Crippen LogP contribution in [0.1, 0.15) is 13.8 Å². The molecule has 8 heteroatoms. The molecule has 0 unspecified atom stereocenters. The molecule has 0 aliphatic heterocycles. The molecule has 0 aromatic heterocycles. The van der Waals surface area contributed by atoms with Crippen LogP contribution < -0.4 is 10.5 Å². The molecule has 0 fully saturated rings. The Bertz CT molecular complexity index is 560. The zero-order valence-corrected chi connectivity index (χ0v) is 12.3. The molecule has 0 saturated heterocycles. The van der Waals surface area contributed by atoms with Crippen LogP contribution in [0.4, 0.5) is 10.1 Å². The first-order valence-electron chi connectivity index (χ1n) is 4.98. The van der Waals surface area contributed by atoms with Gasteiger partial charge in [0.1, 0.15) is 10.7 Å². The second-order valence-electron chi connectivity index (χ2n) is 4.45. The van der Waals surface area contributed by atoms with Crippen molar-refractivity contribution in [3.05, 3.63) is 22.4 Å². The second kappa shape index (κ2) is 5.12. The summed E-state index contributed by atoms with van der Waals surface area (Å²) >= 11 is 2.90. The maximum atomic E-state index is 13.2. The number of hydrogen-bond donors (Lipinski definition) is 3. The highest BCUT2D eigenvalue weighted by Crippen LogP contribution is 2.26. The number of nitrogens with one attached hydrogen (secondary N) is 1. The molecule has 102 valence electrons. The lowest BCUT2D eigenvalue weighted by atomic mass is 10.1. The van der Waals surface area contributed by atoms with Gasteiger partial charge in [-0.2, -0.15) is 0 Å². The number of aliphatic hydroxyl groups is 1. The third kappa shape index (κ3) is 3.41. The van der Waals surface area contributed by atoms with E-state index in [0.29, 0.717) is 0 Å². The molecule has 0 heterocycles. The first kappa shape index (κ1) is 15.4. The molecule has 0 aliphatic rings. The van der Waals surface area contributed by atoms with Crippen molar-refractivity contribution in [1.82, 2.24) is 4.72 Å². The standard InChI is InChI=1S/C10H14BrFN2O3S/c1-10(2,5-15)14-18(16,17)9-3-6(11)7(12)4-8(9)13/h3-4,14-15H,5,13H2,1-2H3. The van der Waals surface area contributed by atoms with Gasteiger partial charge in [-0.1, -0.05) is 0 Å². The topological polar surface area (TPSA) is 92.4 Å². The SMILES string of the molecule is CC(C)(CO)NS(=O)(=O)c1cc(Br)c(F)cc1N. The highest BCUT2D eigenvalue weighted by molar-refractivity contribution is 9.10. The normalized spacial score (nSPS) is 12.7. The Kier molecular flexibility index (Phi) is 4.37. The van der Waals surface area contributed by atoms with Crippen LogP contribution >= 0.6 is 15.9 Å².